The molecule has 5 rings (SSSR count). The highest BCUT2D eigenvalue weighted by molar-refractivity contribution is 5.36. The van der Waals surface area contributed by atoms with Crippen molar-refractivity contribution in [2.75, 3.05) is 13.6 Å². The molecule has 2 aromatic carbocycles. The van der Waals surface area contributed by atoms with E-state index in [4.69, 9.17) is 0 Å². The Morgan fingerprint density at radius 2 is 1.86 bits per heavy atom. The SMILES string of the molecule is CC(NC1(c2ncc[nH]2)C(c2ccncn2)C(c2cccc(C(F)(F)F)c2)CCN1C)c1ccccc1. The number of alkyl halides is 3. The van der Waals surface area contributed by atoms with Gasteiger partial charge in [0.25, 0.3) is 0 Å². The molecule has 0 bridgehead atoms. The number of likely N-dealkylation sites (N-methyl/N-ethyl adjacent to an activating group) is 1. The summed E-state index contributed by atoms with van der Waals surface area (Å²) in [6.07, 6.45) is 2.85. The second kappa shape index (κ2) is 10.1. The molecule has 3 heterocycles. The van der Waals surface area contributed by atoms with Crippen LogP contribution in [0.1, 0.15) is 59.4 Å². The summed E-state index contributed by atoms with van der Waals surface area (Å²) in [5, 5.41) is 3.84. The lowest BCUT2D eigenvalue weighted by molar-refractivity contribution is -0.137. The Balaban J connectivity index is 1.70. The lowest BCUT2D eigenvalue weighted by atomic mass is 9.69. The highest BCUT2D eigenvalue weighted by Gasteiger charge is 2.54. The van der Waals surface area contributed by atoms with Crippen molar-refractivity contribution >= 4 is 0 Å². The third-order valence-electron chi connectivity index (χ3n) is 7.39. The van der Waals surface area contributed by atoms with Crippen LogP contribution in [0.25, 0.3) is 0 Å². The van der Waals surface area contributed by atoms with Crippen LogP contribution >= 0.6 is 0 Å². The molecule has 0 spiro atoms. The maximum absolute atomic E-state index is 13.7. The number of halogens is 3. The van der Waals surface area contributed by atoms with Crippen molar-refractivity contribution < 1.29 is 13.2 Å². The number of nitrogens with zero attached hydrogens (tertiary/aromatic N) is 4. The Bertz CT molecular complexity index is 1300. The first-order valence-electron chi connectivity index (χ1n) is 12.3. The summed E-state index contributed by atoms with van der Waals surface area (Å²) in [6, 6.07) is 17.5. The van der Waals surface area contributed by atoms with Crippen LogP contribution in [0.3, 0.4) is 0 Å². The van der Waals surface area contributed by atoms with E-state index < -0.39 is 17.4 Å². The van der Waals surface area contributed by atoms with Gasteiger partial charge in [-0.2, -0.15) is 13.2 Å². The Morgan fingerprint density at radius 1 is 1.05 bits per heavy atom. The number of aromatic amines is 1. The molecule has 4 atom stereocenters. The summed E-state index contributed by atoms with van der Waals surface area (Å²) in [7, 11) is 2.02. The average Bonchev–Trinajstić information content (AvgIpc) is 3.46. The minimum absolute atomic E-state index is 0.0988. The minimum atomic E-state index is -4.43. The van der Waals surface area contributed by atoms with E-state index in [1.807, 2.05) is 31.3 Å². The molecular formula is C28H29F3N6. The van der Waals surface area contributed by atoms with Crippen LogP contribution in [0.15, 0.2) is 85.6 Å². The number of benzene rings is 2. The van der Waals surface area contributed by atoms with E-state index in [0.29, 0.717) is 24.4 Å². The Labute approximate surface area is 214 Å². The van der Waals surface area contributed by atoms with Crippen LogP contribution in [0.5, 0.6) is 0 Å². The number of imidazole rings is 1. The van der Waals surface area contributed by atoms with E-state index in [0.717, 1.165) is 17.3 Å². The zero-order valence-corrected chi connectivity index (χ0v) is 20.7. The van der Waals surface area contributed by atoms with E-state index >= 15 is 0 Å². The average molecular weight is 507 g/mol. The highest BCUT2D eigenvalue weighted by Crippen LogP contribution is 2.52. The molecule has 0 amide bonds. The molecule has 1 aliphatic heterocycles. The zero-order chi connectivity index (χ0) is 26.0. The van der Waals surface area contributed by atoms with Crippen molar-refractivity contribution in [3.05, 3.63) is 114 Å². The topological polar surface area (TPSA) is 69.7 Å². The smallest absolute Gasteiger partial charge is 0.346 e. The molecule has 37 heavy (non-hydrogen) atoms. The Hall–Kier alpha value is -3.56. The van der Waals surface area contributed by atoms with Crippen molar-refractivity contribution in [1.82, 2.24) is 30.2 Å². The first kappa shape index (κ1) is 25.1. The van der Waals surface area contributed by atoms with Gasteiger partial charge in [0, 0.05) is 37.1 Å². The molecule has 6 nitrogen and oxygen atoms in total. The molecule has 1 aliphatic rings. The van der Waals surface area contributed by atoms with E-state index in [2.05, 4.69) is 49.2 Å². The van der Waals surface area contributed by atoms with E-state index in [-0.39, 0.29) is 17.9 Å². The molecule has 9 heteroatoms. The number of H-pyrrole nitrogens is 1. The molecule has 4 aromatic rings. The number of likely N-dealkylation sites (tertiary alicyclic amines) is 1. The van der Waals surface area contributed by atoms with Crippen molar-refractivity contribution in [1.29, 1.82) is 0 Å². The molecule has 1 saturated heterocycles. The van der Waals surface area contributed by atoms with Gasteiger partial charge in [0.15, 0.2) is 0 Å². The van der Waals surface area contributed by atoms with Crippen molar-refractivity contribution in [2.24, 2.45) is 0 Å². The monoisotopic (exact) mass is 506 g/mol. The third-order valence-corrected chi connectivity index (χ3v) is 7.39. The number of hydrogen-bond donors (Lipinski definition) is 2. The van der Waals surface area contributed by atoms with Gasteiger partial charge in [-0.15, -0.1) is 0 Å². The number of nitrogens with one attached hydrogen (secondary N) is 2. The number of piperidine rings is 1. The third kappa shape index (κ3) is 4.76. The fraction of sp³-hybridized carbons (Fsp3) is 0.321. The maximum Gasteiger partial charge on any atom is 0.416 e. The summed E-state index contributed by atoms with van der Waals surface area (Å²) in [5.74, 6) is 0.0297. The van der Waals surface area contributed by atoms with Crippen LogP contribution in [-0.2, 0) is 11.8 Å². The maximum atomic E-state index is 13.7. The molecule has 2 N–H and O–H groups in total. The zero-order valence-electron chi connectivity index (χ0n) is 20.7. The van der Waals surface area contributed by atoms with Gasteiger partial charge in [-0.05, 0) is 49.6 Å². The second-order valence-corrected chi connectivity index (χ2v) is 9.53. The molecule has 4 unspecified atom stereocenters. The summed E-state index contributed by atoms with van der Waals surface area (Å²) in [5.41, 5.74) is 0.887. The molecular weight excluding hydrogens is 477 g/mol. The molecule has 0 radical (unpaired) electrons. The van der Waals surface area contributed by atoms with Gasteiger partial charge < -0.3 is 4.98 Å². The van der Waals surface area contributed by atoms with Gasteiger partial charge in [-0.1, -0.05) is 48.5 Å². The Kier molecular flexibility index (Phi) is 6.83. The van der Waals surface area contributed by atoms with Crippen molar-refractivity contribution in [3.63, 3.8) is 0 Å². The molecule has 1 fully saturated rings. The lowest BCUT2D eigenvalue weighted by Crippen LogP contribution is -2.63. The second-order valence-electron chi connectivity index (χ2n) is 9.53. The summed E-state index contributed by atoms with van der Waals surface area (Å²) < 4.78 is 41.1. The standard InChI is InChI=1S/C28H29F3N6/c1-19(20-7-4-3-5-8-20)36-27(26-33-14-15-34-26)25(24-11-13-32-18-35-24)23(12-16-37(27)2)21-9-6-10-22(17-21)28(29,30)31/h3-11,13-15,17-19,23,25,36H,12,16H2,1-2H3,(H,33,34). The number of rotatable bonds is 6. The lowest BCUT2D eigenvalue weighted by Gasteiger charge is -2.54. The predicted molar refractivity (Wildman–Crippen MR) is 134 cm³/mol. The highest BCUT2D eigenvalue weighted by atomic mass is 19.4. The minimum Gasteiger partial charge on any atom is -0.346 e. The summed E-state index contributed by atoms with van der Waals surface area (Å²) in [6.45, 7) is 2.72. The van der Waals surface area contributed by atoms with Crippen LogP contribution < -0.4 is 5.32 Å². The first-order chi connectivity index (χ1) is 17.8. The van der Waals surface area contributed by atoms with E-state index in [1.165, 1.54) is 18.5 Å². The van der Waals surface area contributed by atoms with Crippen molar-refractivity contribution in [2.45, 2.75) is 43.1 Å². The van der Waals surface area contributed by atoms with Gasteiger partial charge in [-0.3, -0.25) is 10.2 Å². The summed E-state index contributed by atoms with van der Waals surface area (Å²) >= 11 is 0. The van der Waals surface area contributed by atoms with Crippen molar-refractivity contribution in [3.8, 4) is 0 Å². The van der Waals surface area contributed by atoms with Gasteiger partial charge in [0.05, 0.1) is 11.3 Å². The van der Waals surface area contributed by atoms with Gasteiger partial charge in [-0.25, -0.2) is 15.0 Å². The number of aromatic nitrogens is 4. The van der Waals surface area contributed by atoms with E-state index in [1.54, 1.807) is 24.7 Å². The van der Waals surface area contributed by atoms with Gasteiger partial charge >= 0.3 is 6.18 Å². The molecule has 192 valence electrons. The fourth-order valence-electron chi connectivity index (χ4n) is 5.64. The summed E-state index contributed by atoms with van der Waals surface area (Å²) in [4.78, 5) is 18.9. The largest absolute Gasteiger partial charge is 0.416 e. The van der Waals surface area contributed by atoms with Crippen LogP contribution in [0.2, 0.25) is 0 Å². The predicted octanol–water partition coefficient (Wildman–Crippen LogP) is 5.63. The van der Waals surface area contributed by atoms with Crippen LogP contribution in [0, 0.1) is 0 Å². The molecule has 0 aliphatic carbocycles. The van der Waals surface area contributed by atoms with E-state index in [9.17, 15) is 13.2 Å². The molecule has 2 aromatic heterocycles. The molecule has 0 saturated carbocycles. The normalized spacial score (nSPS) is 23.6. The van der Waals surface area contributed by atoms with Crippen LogP contribution in [-0.4, -0.2) is 38.4 Å². The van der Waals surface area contributed by atoms with Crippen LogP contribution in [0.4, 0.5) is 13.2 Å². The first-order valence-corrected chi connectivity index (χ1v) is 12.3. The number of hydrogen-bond acceptors (Lipinski definition) is 5. The quantitative estimate of drug-likeness (QED) is 0.355. The van der Waals surface area contributed by atoms with Gasteiger partial charge in [0.1, 0.15) is 17.8 Å². The van der Waals surface area contributed by atoms with Gasteiger partial charge in [0.2, 0.25) is 0 Å². The fourth-order valence-corrected chi connectivity index (χ4v) is 5.64. The Morgan fingerprint density at radius 3 is 2.54 bits per heavy atom.